The van der Waals surface area contributed by atoms with Gasteiger partial charge in [-0.2, -0.15) is 11.8 Å². The van der Waals surface area contributed by atoms with Gasteiger partial charge in [-0.25, -0.2) is 0 Å². The Morgan fingerprint density at radius 1 is 1.33 bits per heavy atom. The van der Waals surface area contributed by atoms with Crippen LogP contribution in [0.3, 0.4) is 0 Å². The third kappa shape index (κ3) is 5.47. The first-order chi connectivity index (χ1) is 5.68. The van der Waals surface area contributed by atoms with Crippen LogP contribution in [0.2, 0.25) is 0 Å². The van der Waals surface area contributed by atoms with E-state index in [1.54, 1.807) is 0 Å². The summed E-state index contributed by atoms with van der Waals surface area (Å²) in [7, 11) is 0. The fourth-order valence-electron chi connectivity index (χ4n) is 1.51. The first-order valence-electron chi connectivity index (χ1n) is 4.73. The van der Waals surface area contributed by atoms with Gasteiger partial charge in [-0.3, -0.25) is 0 Å². The maximum atomic E-state index is 3.62. The molecule has 0 saturated heterocycles. The molecule has 0 fully saturated rings. The molecule has 0 nitrogen and oxygen atoms in total. The highest BCUT2D eigenvalue weighted by molar-refractivity contribution is 9.09. The smallest absolute Gasteiger partial charge is 0.00853 e. The molecule has 0 N–H and O–H groups in total. The van der Waals surface area contributed by atoms with Crippen molar-refractivity contribution in [3.05, 3.63) is 0 Å². The molecule has 0 heterocycles. The molecule has 0 aromatic carbocycles. The minimum atomic E-state index is 0.546. The van der Waals surface area contributed by atoms with Gasteiger partial charge < -0.3 is 0 Å². The summed E-state index contributed by atoms with van der Waals surface area (Å²) in [6.07, 6.45) is 7.58. The topological polar surface area (TPSA) is 0 Å². The van der Waals surface area contributed by atoms with Gasteiger partial charge in [0.1, 0.15) is 0 Å². The fourth-order valence-corrected chi connectivity index (χ4v) is 2.50. The quantitative estimate of drug-likeness (QED) is 0.480. The number of rotatable bonds is 7. The van der Waals surface area contributed by atoms with Gasteiger partial charge in [0.2, 0.25) is 0 Å². The molecule has 12 heavy (non-hydrogen) atoms. The van der Waals surface area contributed by atoms with Crippen molar-refractivity contribution in [1.82, 2.24) is 0 Å². The zero-order valence-corrected chi connectivity index (χ0v) is 10.9. The Balaban J connectivity index is 3.63. The van der Waals surface area contributed by atoms with Crippen molar-refractivity contribution < 1.29 is 0 Å². The Kier molecular flexibility index (Phi) is 7.76. The second-order valence-electron chi connectivity index (χ2n) is 3.79. The molecule has 2 heteroatoms. The monoisotopic (exact) mass is 252 g/mol. The zero-order chi connectivity index (χ0) is 9.45. The summed E-state index contributed by atoms with van der Waals surface area (Å²) >= 11 is 5.57. The SMILES string of the molecule is CCCC(C)(CBr)CCCSC. The Hall–Kier alpha value is 0.830. The fraction of sp³-hybridized carbons (Fsp3) is 1.00. The average molecular weight is 253 g/mol. The third-order valence-electron chi connectivity index (χ3n) is 2.30. The number of halogens is 1. The van der Waals surface area contributed by atoms with Crippen LogP contribution in [0, 0.1) is 5.41 Å². The second kappa shape index (κ2) is 7.25. The van der Waals surface area contributed by atoms with Gasteiger partial charge in [0.25, 0.3) is 0 Å². The molecule has 1 unspecified atom stereocenters. The molecular weight excluding hydrogens is 232 g/mol. The number of alkyl halides is 1. The van der Waals surface area contributed by atoms with Gasteiger partial charge in [0.05, 0.1) is 0 Å². The van der Waals surface area contributed by atoms with Crippen molar-refractivity contribution in [3.8, 4) is 0 Å². The lowest BCUT2D eigenvalue weighted by Gasteiger charge is -2.26. The van der Waals surface area contributed by atoms with Crippen LogP contribution in [-0.4, -0.2) is 17.3 Å². The molecule has 0 aromatic heterocycles. The van der Waals surface area contributed by atoms with Gasteiger partial charge in [-0.15, -0.1) is 0 Å². The minimum absolute atomic E-state index is 0.546. The van der Waals surface area contributed by atoms with E-state index in [0.717, 1.165) is 5.33 Å². The summed E-state index contributed by atoms with van der Waals surface area (Å²) in [6.45, 7) is 4.67. The van der Waals surface area contributed by atoms with Crippen LogP contribution in [-0.2, 0) is 0 Å². The highest BCUT2D eigenvalue weighted by Crippen LogP contribution is 2.31. The molecule has 0 spiro atoms. The summed E-state index contributed by atoms with van der Waals surface area (Å²) in [4.78, 5) is 0. The summed E-state index contributed by atoms with van der Waals surface area (Å²) in [6, 6.07) is 0. The highest BCUT2D eigenvalue weighted by Gasteiger charge is 2.20. The van der Waals surface area contributed by atoms with E-state index >= 15 is 0 Å². The lowest BCUT2D eigenvalue weighted by Crippen LogP contribution is -2.18. The molecule has 0 rings (SSSR count). The Morgan fingerprint density at radius 3 is 2.42 bits per heavy atom. The normalized spacial score (nSPS) is 16.0. The van der Waals surface area contributed by atoms with Gasteiger partial charge >= 0.3 is 0 Å². The van der Waals surface area contributed by atoms with Crippen LogP contribution in [0.25, 0.3) is 0 Å². The van der Waals surface area contributed by atoms with Crippen molar-refractivity contribution in [1.29, 1.82) is 0 Å². The van der Waals surface area contributed by atoms with Crippen LogP contribution in [0.4, 0.5) is 0 Å². The maximum absolute atomic E-state index is 3.62. The van der Waals surface area contributed by atoms with Gasteiger partial charge in [-0.1, -0.05) is 36.2 Å². The van der Waals surface area contributed by atoms with E-state index < -0.39 is 0 Å². The Morgan fingerprint density at radius 2 is 2.00 bits per heavy atom. The molecule has 74 valence electrons. The first kappa shape index (κ1) is 12.8. The van der Waals surface area contributed by atoms with E-state index in [2.05, 4.69) is 36.0 Å². The van der Waals surface area contributed by atoms with E-state index in [9.17, 15) is 0 Å². The van der Waals surface area contributed by atoms with E-state index in [4.69, 9.17) is 0 Å². The Bertz CT molecular complexity index is 106. The van der Waals surface area contributed by atoms with Crippen LogP contribution >= 0.6 is 27.7 Å². The molecule has 0 aliphatic carbocycles. The lowest BCUT2D eigenvalue weighted by molar-refractivity contribution is 0.313. The predicted molar refractivity (Wildman–Crippen MR) is 64.4 cm³/mol. The molecule has 1 atom stereocenters. The molecular formula is C10H21BrS. The molecule has 0 bridgehead atoms. The summed E-state index contributed by atoms with van der Waals surface area (Å²) in [5, 5.41) is 1.15. The molecule has 0 aliphatic rings. The minimum Gasteiger partial charge on any atom is -0.165 e. The van der Waals surface area contributed by atoms with Crippen LogP contribution in [0.5, 0.6) is 0 Å². The Labute approximate surface area is 90.0 Å². The second-order valence-corrected chi connectivity index (χ2v) is 5.34. The van der Waals surface area contributed by atoms with E-state index in [-0.39, 0.29) is 0 Å². The van der Waals surface area contributed by atoms with Crippen LogP contribution < -0.4 is 0 Å². The summed E-state index contributed by atoms with van der Waals surface area (Å²) < 4.78 is 0. The van der Waals surface area contributed by atoms with Crippen molar-refractivity contribution in [3.63, 3.8) is 0 Å². The van der Waals surface area contributed by atoms with E-state index in [1.807, 2.05) is 11.8 Å². The predicted octanol–water partition coefficient (Wildman–Crippen LogP) is 4.33. The van der Waals surface area contributed by atoms with Gasteiger partial charge in [0.15, 0.2) is 0 Å². The van der Waals surface area contributed by atoms with E-state index in [1.165, 1.54) is 31.4 Å². The zero-order valence-electron chi connectivity index (χ0n) is 8.53. The van der Waals surface area contributed by atoms with Gasteiger partial charge in [0, 0.05) is 5.33 Å². The largest absolute Gasteiger partial charge is 0.165 e. The number of hydrogen-bond acceptors (Lipinski definition) is 1. The molecule has 0 radical (unpaired) electrons. The maximum Gasteiger partial charge on any atom is 0.00853 e. The van der Waals surface area contributed by atoms with Crippen molar-refractivity contribution >= 4 is 27.7 Å². The first-order valence-corrected chi connectivity index (χ1v) is 7.25. The van der Waals surface area contributed by atoms with E-state index in [0.29, 0.717) is 5.41 Å². The van der Waals surface area contributed by atoms with Crippen molar-refractivity contribution in [2.45, 2.75) is 39.5 Å². The highest BCUT2D eigenvalue weighted by atomic mass is 79.9. The molecule has 0 saturated carbocycles. The average Bonchev–Trinajstić information content (AvgIpc) is 2.06. The summed E-state index contributed by atoms with van der Waals surface area (Å²) in [5.74, 6) is 1.31. The molecule has 0 aliphatic heterocycles. The third-order valence-corrected chi connectivity index (χ3v) is 4.36. The van der Waals surface area contributed by atoms with Gasteiger partial charge in [-0.05, 0) is 36.7 Å². The molecule has 0 amide bonds. The van der Waals surface area contributed by atoms with Crippen molar-refractivity contribution in [2.75, 3.05) is 17.3 Å². The standard InChI is InChI=1S/C10H21BrS/c1-4-6-10(2,9-11)7-5-8-12-3/h4-9H2,1-3H3. The number of thioether (sulfide) groups is 1. The number of hydrogen-bond donors (Lipinski definition) is 0. The van der Waals surface area contributed by atoms with Crippen molar-refractivity contribution in [2.24, 2.45) is 5.41 Å². The molecule has 0 aromatic rings. The van der Waals surface area contributed by atoms with Crippen LogP contribution in [0.15, 0.2) is 0 Å². The lowest BCUT2D eigenvalue weighted by atomic mass is 9.84. The van der Waals surface area contributed by atoms with Crippen LogP contribution in [0.1, 0.15) is 39.5 Å². The summed E-state index contributed by atoms with van der Waals surface area (Å²) in [5.41, 5.74) is 0.546.